The van der Waals surface area contributed by atoms with E-state index < -0.39 is 16.9 Å². The summed E-state index contributed by atoms with van der Waals surface area (Å²) >= 11 is 0. The lowest BCUT2D eigenvalue weighted by atomic mass is 9.66. The summed E-state index contributed by atoms with van der Waals surface area (Å²) in [5, 5.41) is 11.6. The summed E-state index contributed by atoms with van der Waals surface area (Å²) in [6, 6.07) is 15.6. The maximum atomic E-state index is 13.5. The first-order valence-corrected chi connectivity index (χ1v) is 13.2. The fourth-order valence-corrected chi connectivity index (χ4v) is 5.67. The van der Waals surface area contributed by atoms with Crippen LogP contribution in [0.2, 0.25) is 0 Å². The van der Waals surface area contributed by atoms with Crippen LogP contribution in [0.5, 0.6) is 11.5 Å². The van der Waals surface area contributed by atoms with Crippen LogP contribution in [0.25, 0.3) is 5.57 Å². The number of aromatic nitrogens is 1. The molecule has 0 unspecified atom stereocenters. The van der Waals surface area contributed by atoms with Crippen LogP contribution < -0.4 is 15.2 Å². The zero-order chi connectivity index (χ0) is 27.6. The lowest BCUT2D eigenvalue weighted by molar-refractivity contribution is -0.125. The predicted octanol–water partition coefficient (Wildman–Crippen LogP) is 4.42. The van der Waals surface area contributed by atoms with E-state index in [1.54, 1.807) is 24.4 Å². The van der Waals surface area contributed by atoms with Crippen molar-refractivity contribution in [3.63, 3.8) is 0 Å². The highest BCUT2D eigenvalue weighted by Gasteiger charge is 2.48. The Bertz CT molecular complexity index is 1390. The van der Waals surface area contributed by atoms with Crippen molar-refractivity contribution < 1.29 is 23.8 Å². The van der Waals surface area contributed by atoms with Crippen molar-refractivity contribution in [3.05, 3.63) is 95.1 Å². The number of hydrogen-bond donors (Lipinski definition) is 2. The first-order chi connectivity index (χ1) is 18.7. The zero-order valence-corrected chi connectivity index (χ0v) is 22.3. The molecule has 2 aliphatic rings. The molecule has 204 valence electrons. The number of aliphatic hydroxyl groups is 1. The summed E-state index contributed by atoms with van der Waals surface area (Å²) in [6.07, 6.45) is 5.28. The number of carbonyl (C=O) groups excluding carboxylic acids is 1. The van der Waals surface area contributed by atoms with Gasteiger partial charge < -0.3 is 25.2 Å². The maximum Gasteiger partial charge on any atom is 0.255 e. The molecule has 3 aromatic rings. The second-order valence-corrected chi connectivity index (χ2v) is 10.9. The average Bonchev–Trinajstić information content (AvgIpc) is 3.06. The number of fused-ring (bicyclic) bond motifs is 2. The molecule has 1 aromatic heterocycles. The highest BCUT2D eigenvalue weighted by molar-refractivity contribution is 5.85. The average molecular weight is 532 g/mol. The molecule has 0 bridgehead atoms. The van der Waals surface area contributed by atoms with E-state index in [9.17, 15) is 14.3 Å². The number of rotatable bonds is 7. The molecule has 1 saturated heterocycles. The number of benzene rings is 2. The lowest BCUT2D eigenvalue weighted by Gasteiger charge is -2.50. The summed E-state index contributed by atoms with van der Waals surface area (Å²) in [4.78, 5) is 18.1. The van der Waals surface area contributed by atoms with E-state index in [0.717, 1.165) is 47.5 Å². The molecule has 7 nitrogen and oxygen atoms in total. The molecule has 0 radical (unpaired) electrons. The van der Waals surface area contributed by atoms with E-state index >= 15 is 0 Å². The van der Waals surface area contributed by atoms with Crippen LogP contribution in [0.1, 0.15) is 49.1 Å². The number of amides is 1. The van der Waals surface area contributed by atoms with Crippen LogP contribution in [0, 0.1) is 11.2 Å². The number of piperidine rings is 1. The van der Waals surface area contributed by atoms with E-state index in [1.807, 2.05) is 24.3 Å². The van der Waals surface area contributed by atoms with Crippen LogP contribution in [-0.2, 0) is 17.0 Å². The molecule has 0 spiro atoms. The molecular formula is C31H34FN3O4. The summed E-state index contributed by atoms with van der Waals surface area (Å²) in [5.74, 6) is 0.406. The van der Waals surface area contributed by atoms with Crippen LogP contribution in [-0.4, -0.2) is 47.1 Å². The smallest absolute Gasteiger partial charge is 0.255 e. The van der Waals surface area contributed by atoms with Gasteiger partial charge in [0.1, 0.15) is 23.9 Å². The van der Waals surface area contributed by atoms with Gasteiger partial charge in [0.15, 0.2) is 6.61 Å². The summed E-state index contributed by atoms with van der Waals surface area (Å²) in [5.41, 5.74) is 8.27. The Balaban J connectivity index is 1.37. The molecule has 0 saturated carbocycles. The van der Waals surface area contributed by atoms with E-state index in [-0.39, 0.29) is 12.4 Å². The molecule has 2 aromatic carbocycles. The highest BCUT2D eigenvalue weighted by atomic mass is 19.1. The van der Waals surface area contributed by atoms with Gasteiger partial charge in [-0.1, -0.05) is 38.1 Å². The van der Waals surface area contributed by atoms with Crippen LogP contribution in [0.3, 0.4) is 0 Å². The molecule has 1 amide bonds. The van der Waals surface area contributed by atoms with E-state index in [1.165, 1.54) is 12.1 Å². The molecule has 3 N–H and O–H groups in total. The van der Waals surface area contributed by atoms with Gasteiger partial charge in [-0.25, -0.2) is 4.39 Å². The number of carbonyl (C=O) groups is 1. The SMILES string of the molecule is CC1(C)CN(CC/C=C2/c3cc(OCC(N)=O)ccc3OCc3ncccc32)CC[C@]1(O)c1ccc(F)cc1. The quantitative estimate of drug-likeness (QED) is 0.469. The third-order valence-corrected chi connectivity index (χ3v) is 7.81. The Hall–Kier alpha value is -3.75. The van der Waals surface area contributed by atoms with Crippen molar-refractivity contribution in [3.8, 4) is 11.5 Å². The van der Waals surface area contributed by atoms with Crippen molar-refractivity contribution in [2.24, 2.45) is 11.1 Å². The number of pyridine rings is 1. The van der Waals surface area contributed by atoms with Gasteiger partial charge in [-0.15, -0.1) is 0 Å². The van der Waals surface area contributed by atoms with Gasteiger partial charge in [0, 0.05) is 42.4 Å². The fraction of sp³-hybridized carbons (Fsp3) is 0.355. The summed E-state index contributed by atoms with van der Waals surface area (Å²) in [7, 11) is 0. The summed E-state index contributed by atoms with van der Waals surface area (Å²) in [6.45, 7) is 6.51. The number of nitrogens with zero attached hydrogens (tertiary/aromatic N) is 2. The Kier molecular flexibility index (Phi) is 7.42. The van der Waals surface area contributed by atoms with Gasteiger partial charge in [-0.2, -0.15) is 0 Å². The molecule has 5 rings (SSSR count). The molecule has 39 heavy (non-hydrogen) atoms. The van der Waals surface area contributed by atoms with Gasteiger partial charge in [0.25, 0.3) is 5.91 Å². The predicted molar refractivity (Wildman–Crippen MR) is 147 cm³/mol. The Morgan fingerprint density at radius 3 is 2.74 bits per heavy atom. The number of primary amides is 1. The second-order valence-electron chi connectivity index (χ2n) is 10.9. The van der Waals surface area contributed by atoms with Gasteiger partial charge in [0.05, 0.1) is 11.3 Å². The van der Waals surface area contributed by atoms with E-state index in [0.29, 0.717) is 31.1 Å². The number of hydrogen-bond acceptors (Lipinski definition) is 6. The molecule has 3 heterocycles. The Morgan fingerprint density at radius 1 is 1.21 bits per heavy atom. The topological polar surface area (TPSA) is 97.9 Å². The number of ether oxygens (including phenoxy) is 2. The van der Waals surface area contributed by atoms with Gasteiger partial charge >= 0.3 is 0 Å². The van der Waals surface area contributed by atoms with Crippen molar-refractivity contribution in [2.75, 3.05) is 26.2 Å². The normalized spacial score (nSPS) is 21.4. The van der Waals surface area contributed by atoms with E-state index in [4.69, 9.17) is 15.2 Å². The first-order valence-electron chi connectivity index (χ1n) is 13.2. The second kappa shape index (κ2) is 10.8. The molecular weight excluding hydrogens is 497 g/mol. The largest absolute Gasteiger partial charge is 0.487 e. The number of likely N-dealkylation sites (tertiary alicyclic amines) is 1. The van der Waals surface area contributed by atoms with Crippen molar-refractivity contribution in [2.45, 2.75) is 38.9 Å². The van der Waals surface area contributed by atoms with E-state index in [2.05, 4.69) is 29.8 Å². The van der Waals surface area contributed by atoms with Gasteiger partial charge in [-0.05, 0) is 60.4 Å². The fourth-order valence-electron chi connectivity index (χ4n) is 5.67. The van der Waals surface area contributed by atoms with Crippen LogP contribution >= 0.6 is 0 Å². The lowest BCUT2D eigenvalue weighted by Crippen LogP contribution is -2.55. The highest BCUT2D eigenvalue weighted by Crippen LogP contribution is 2.46. The Morgan fingerprint density at radius 2 is 2.00 bits per heavy atom. The van der Waals surface area contributed by atoms with Crippen molar-refractivity contribution in [1.82, 2.24) is 9.88 Å². The standard InChI is InChI=1S/C31H34FN3O4/c1-30(2)20-35(16-13-31(30,37)21-7-9-22(32)10-8-21)15-4-6-24-25-5-3-14-34-27(25)18-39-28-12-11-23(17-26(24)28)38-19-29(33)36/h3,5-12,14,17,37H,4,13,15-16,18-20H2,1-2H3,(H2,33,36)/b24-6+/t31-/m0/s1. The molecule has 2 aliphatic heterocycles. The minimum Gasteiger partial charge on any atom is -0.487 e. The molecule has 0 aliphatic carbocycles. The minimum atomic E-state index is -1.03. The maximum absolute atomic E-state index is 13.5. The monoisotopic (exact) mass is 531 g/mol. The number of nitrogens with two attached hydrogens (primary N) is 1. The Labute approximate surface area is 228 Å². The van der Waals surface area contributed by atoms with Gasteiger partial charge in [0.2, 0.25) is 0 Å². The third-order valence-electron chi connectivity index (χ3n) is 7.81. The zero-order valence-electron chi connectivity index (χ0n) is 22.3. The molecule has 1 fully saturated rings. The number of halogens is 1. The van der Waals surface area contributed by atoms with Gasteiger partial charge in [-0.3, -0.25) is 9.78 Å². The van der Waals surface area contributed by atoms with Crippen molar-refractivity contribution >= 4 is 11.5 Å². The molecule has 8 heteroatoms. The van der Waals surface area contributed by atoms with Crippen LogP contribution in [0.4, 0.5) is 4.39 Å². The van der Waals surface area contributed by atoms with Crippen molar-refractivity contribution in [1.29, 1.82) is 0 Å². The third kappa shape index (κ3) is 5.53. The summed E-state index contributed by atoms with van der Waals surface area (Å²) < 4.78 is 25.1. The minimum absolute atomic E-state index is 0.203. The first kappa shape index (κ1) is 26.8. The molecule has 1 atom stereocenters. The van der Waals surface area contributed by atoms with Crippen LogP contribution in [0.15, 0.2) is 66.9 Å².